The largest absolute Gasteiger partial charge is 0.409 e. The van der Waals surface area contributed by atoms with Crippen LogP contribution in [0.25, 0.3) is 0 Å². The van der Waals surface area contributed by atoms with E-state index < -0.39 is 10.8 Å². The first-order valence-corrected chi connectivity index (χ1v) is 5.95. The molecule has 0 saturated heterocycles. The molecule has 0 spiro atoms. The summed E-state index contributed by atoms with van der Waals surface area (Å²) in [6.45, 7) is 0. The number of rotatable bonds is 5. The monoisotopic (exact) mass is 226 g/mol. The Hall–Kier alpha value is -1.36. The molecule has 0 aliphatic carbocycles. The molecule has 3 N–H and O–H groups in total. The van der Waals surface area contributed by atoms with Crippen LogP contribution < -0.4 is 5.73 Å². The summed E-state index contributed by atoms with van der Waals surface area (Å²) in [4.78, 5) is 0.817. The SMILES string of the molecule is N/C(CCCS(=O)c1ccccc1)=N\O. The Bertz CT molecular complexity index is 352. The van der Waals surface area contributed by atoms with Crippen molar-refractivity contribution in [1.29, 1.82) is 0 Å². The third-order valence-electron chi connectivity index (χ3n) is 1.90. The van der Waals surface area contributed by atoms with Gasteiger partial charge in [-0.3, -0.25) is 4.21 Å². The highest BCUT2D eigenvalue weighted by Gasteiger charge is 2.03. The van der Waals surface area contributed by atoms with Crippen molar-refractivity contribution in [3.05, 3.63) is 30.3 Å². The number of hydrogen-bond acceptors (Lipinski definition) is 3. The van der Waals surface area contributed by atoms with Crippen molar-refractivity contribution in [2.24, 2.45) is 10.9 Å². The molecular formula is C10H14N2O2S. The Morgan fingerprint density at radius 2 is 2.07 bits per heavy atom. The lowest BCUT2D eigenvalue weighted by molar-refractivity contribution is 0.317. The lowest BCUT2D eigenvalue weighted by Crippen LogP contribution is -2.12. The molecular weight excluding hydrogens is 212 g/mol. The molecule has 0 amide bonds. The lowest BCUT2D eigenvalue weighted by atomic mass is 10.3. The topological polar surface area (TPSA) is 75.7 Å². The zero-order valence-electron chi connectivity index (χ0n) is 8.30. The van der Waals surface area contributed by atoms with Crippen LogP contribution in [0.1, 0.15) is 12.8 Å². The van der Waals surface area contributed by atoms with Crippen LogP contribution in [0.4, 0.5) is 0 Å². The molecule has 1 atom stereocenters. The average Bonchev–Trinajstić information content (AvgIpc) is 2.29. The number of oxime groups is 1. The van der Waals surface area contributed by atoms with Crippen molar-refractivity contribution in [2.45, 2.75) is 17.7 Å². The van der Waals surface area contributed by atoms with Gasteiger partial charge >= 0.3 is 0 Å². The van der Waals surface area contributed by atoms with Crippen LogP contribution in [0.15, 0.2) is 40.4 Å². The molecule has 4 nitrogen and oxygen atoms in total. The minimum absolute atomic E-state index is 0.181. The molecule has 1 aromatic carbocycles. The Labute approximate surface area is 91.2 Å². The quantitative estimate of drug-likeness (QED) is 0.344. The van der Waals surface area contributed by atoms with Crippen molar-refractivity contribution >= 4 is 16.6 Å². The molecule has 0 fully saturated rings. The van der Waals surface area contributed by atoms with E-state index >= 15 is 0 Å². The second-order valence-corrected chi connectivity index (χ2v) is 4.63. The molecule has 1 rings (SSSR count). The Morgan fingerprint density at radius 1 is 1.40 bits per heavy atom. The molecule has 0 aliphatic rings. The fraction of sp³-hybridized carbons (Fsp3) is 0.300. The van der Waals surface area contributed by atoms with Gasteiger partial charge in [0.25, 0.3) is 0 Å². The Morgan fingerprint density at radius 3 is 2.67 bits per heavy atom. The fourth-order valence-electron chi connectivity index (χ4n) is 1.12. The highest BCUT2D eigenvalue weighted by molar-refractivity contribution is 7.85. The summed E-state index contributed by atoms with van der Waals surface area (Å²) in [5.74, 6) is 0.709. The maximum absolute atomic E-state index is 11.7. The molecule has 1 unspecified atom stereocenters. The summed E-state index contributed by atoms with van der Waals surface area (Å²) in [7, 11) is -0.994. The highest BCUT2D eigenvalue weighted by atomic mass is 32.2. The van der Waals surface area contributed by atoms with E-state index in [1.807, 2.05) is 30.3 Å². The van der Waals surface area contributed by atoms with Gasteiger partial charge in [0, 0.05) is 17.1 Å². The van der Waals surface area contributed by atoms with E-state index in [0.717, 1.165) is 4.90 Å². The molecule has 0 aliphatic heterocycles. The number of benzene rings is 1. The number of amidine groups is 1. The van der Waals surface area contributed by atoms with E-state index in [1.54, 1.807) is 0 Å². The van der Waals surface area contributed by atoms with Gasteiger partial charge in [0.2, 0.25) is 0 Å². The summed E-state index contributed by atoms with van der Waals surface area (Å²) in [6.07, 6.45) is 1.12. The van der Waals surface area contributed by atoms with Crippen LogP contribution in [0.2, 0.25) is 0 Å². The third-order valence-corrected chi connectivity index (χ3v) is 3.35. The highest BCUT2D eigenvalue weighted by Crippen LogP contribution is 2.07. The van der Waals surface area contributed by atoms with Crippen molar-refractivity contribution in [1.82, 2.24) is 0 Å². The molecule has 0 radical (unpaired) electrons. The second-order valence-electron chi connectivity index (χ2n) is 3.06. The second kappa shape index (κ2) is 6.19. The standard InChI is InChI=1S/C10H14N2O2S/c11-10(12-13)7-4-8-15(14)9-5-2-1-3-6-9/h1-3,5-6,13H,4,7-8H2,(H2,11,12). The maximum atomic E-state index is 11.7. The molecule has 5 heteroatoms. The zero-order chi connectivity index (χ0) is 11.1. The lowest BCUT2D eigenvalue weighted by Gasteiger charge is -2.01. The minimum Gasteiger partial charge on any atom is -0.409 e. The van der Waals surface area contributed by atoms with Gasteiger partial charge in [0.15, 0.2) is 0 Å². The minimum atomic E-state index is -0.994. The van der Waals surface area contributed by atoms with E-state index in [0.29, 0.717) is 18.6 Å². The molecule has 15 heavy (non-hydrogen) atoms. The van der Waals surface area contributed by atoms with Crippen LogP contribution in [0, 0.1) is 0 Å². The molecule has 82 valence electrons. The number of hydrogen-bond donors (Lipinski definition) is 2. The van der Waals surface area contributed by atoms with Gasteiger partial charge in [-0.15, -0.1) is 0 Å². The van der Waals surface area contributed by atoms with Crippen molar-refractivity contribution < 1.29 is 9.42 Å². The Balaban J connectivity index is 2.38. The van der Waals surface area contributed by atoms with Crippen molar-refractivity contribution in [3.63, 3.8) is 0 Å². The van der Waals surface area contributed by atoms with Gasteiger partial charge < -0.3 is 10.9 Å². The molecule has 0 aromatic heterocycles. The van der Waals surface area contributed by atoms with Crippen LogP contribution in [0.5, 0.6) is 0 Å². The summed E-state index contributed by atoms with van der Waals surface area (Å²) in [5.41, 5.74) is 5.30. The zero-order valence-corrected chi connectivity index (χ0v) is 9.11. The Kier molecular flexibility index (Phi) is 4.83. The van der Waals surface area contributed by atoms with E-state index in [1.165, 1.54) is 0 Å². The average molecular weight is 226 g/mol. The van der Waals surface area contributed by atoms with E-state index in [2.05, 4.69) is 5.16 Å². The van der Waals surface area contributed by atoms with Crippen molar-refractivity contribution in [2.75, 3.05) is 5.75 Å². The summed E-state index contributed by atoms with van der Waals surface area (Å²) < 4.78 is 11.7. The molecule has 0 saturated carbocycles. The van der Waals surface area contributed by atoms with Crippen LogP contribution in [-0.4, -0.2) is 21.0 Å². The van der Waals surface area contributed by atoms with Gasteiger partial charge in [-0.2, -0.15) is 0 Å². The van der Waals surface area contributed by atoms with Crippen LogP contribution in [-0.2, 0) is 10.8 Å². The first-order valence-electron chi connectivity index (χ1n) is 4.64. The third kappa shape index (κ3) is 4.12. The number of nitrogens with zero attached hydrogens (tertiary/aromatic N) is 1. The molecule has 1 aromatic rings. The van der Waals surface area contributed by atoms with Gasteiger partial charge in [-0.05, 0) is 18.6 Å². The molecule has 0 heterocycles. The summed E-state index contributed by atoms with van der Waals surface area (Å²) >= 11 is 0. The molecule has 0 bridgehead atoms. The fourth-order valence-corrected chi connectivity index (χ4v) is 2.23. The van der Waals surface area contributed by atoms with E-state index in [9.17, 15) is 4.21 Å². The predicted molar refractivity (Wildman–Crippen MR) is 60.4 cm³/mol. The summed E-state index contributed by atoms with van der Waals surface area (Å²) in [6, 6.07) is 9.27. The van der Waals surface area contributed by atoms with Gasteiger partial charge in [-0.25, -0.2) is 0 Å². The maximum Gasteiger partial charge on any atom is 0.139 e. The van der Waals surface area contributed by atoms with Gasteiger partial charge in [0.05, 0.1) is 10.8 Å². The first-order chi connectivity index (χ1) is 7.24. The first kappa shape index (κ1) is 11.7. The van der Waals surface area contributed by atoms with Crippen LogP contribution in [0.3, 0.4) is 0 Å². The predicted octanol–water partition coefficient (Wildman–Crippen LogP) is 1.32. The smallest absolute Gasteiger partial charge is 0.139 e. The van der Waals surface area contributed by atoms with Gasteiger partial charge in [-0.1, -0.05) is 23.4 Å². The van der Waals surface area contributed by atoms with Crippen molar-refractivity contribution in [3.8, 4) is 0 Å². The summed E-state index contributed by atoms with van der Waals surface area (Å²) in [5, 5.41) is 11.2. The van der Waals surface area contributed by atoms with E-state index in [4.69, 9.17) is 10.9 Å². The van der Waals surface area contributed by atoms with E-state index in [-0.39, 0.29) is 5.84 Å². The van der Waals surface area contributed by atoms with Gasteiger partial charge in [0.1, 0.15) is 5.84 Å². The number of nitrogens with two attached hydrogens (primary N) is 1. The normalized spacial score (nSPS) is 13.7. The van der Waals surface area contributed by atoms with Crippen LogP contribution >= 0.6 is 0 Å².